The molecule has 0 aromatic heterocycles. The van der Waals surface area contributed by atoms with E-state index in [-0.39, 0.29) is 11.8 Å². The third-order valence-corrected chi connectivity index (χ3v) is 4.02. The van der Waals surface area contributed by atoms with E-state index in [1.807, 2.05) is 48.5 Å². The fourth-order valence-electron chi connectivity index (χ4n) is 2.74. The van der Waals surface area contributed by atoms with Crippen LogP contribution in [0.3, 0.4) is 0 Å². The first kappa shape index (κ1) is 15.6. The lowest BCUT2D eigenvalue weighted by Crippen LogP contribution is -2.33. The summed E-state index contributed by atoms with van der Waals surface area (Å²) in [5, 5.41) is 6.24. The minimum Gasteiger partial charge on any atom is -0.457 e. The van der Waals surface area contributed by atoms with Crippen LogP contribution in [0.5, 0.6) is 11.5 Å². The molecular weight excluding hydrogens is 288 g/mol. The summed E-state index contributed by atoms with van der Waals surface area (Å²) in [4.78, 5) is 12.0. The van der Waals surface area contributed by atoms with Gasteiger partial charge in [-0.2, -0.15) is 0 Å². The van der Waals surface area contributed by atoms with Crippen LogP contribution in [0.25, 0.3) is 0 Å². The van der Waals surface area contributed by atoms with Gasteiger partial charge in [0.1, 0.15) is 11.5 Å². The number of carbonyl (C=O) groups excluding carboxylic acids is 1. The number of ether oxygens (including phenoxy) is 1. The van der Waals surface area contributed by atoms with Gasteiger partial charge in [0.15, 0.2) is 0 Å². The molecule has 1 saturated heterocycles. The number of nitrogens with one attached hydrogen (secondary N) is 2. The highest BCUT2D eigenvalue weighted by molar-refractivity contribution is 5.79. The molecule has 1 amide bonds. The second kappa shape index (κ2) is 7.79. The predicted octanol–water partition coefficient (Wildman–Crippen LogP) is 2.75. The minimum atomic E-state index is 0.128. The van der Waals surface area contributed by atoms with Gasteiger partial charge in [0.25, 0.3) is 0 Å². The van der Waals surface area contributed by atoms with Crippen LogP contribution >= 0.6 is 0 Å². The zero-order chi connectivity index (χ0) is 15.9. The average molecular weight is 310 g/mol. The number of amides is 1. The molecular formula is C19H22N2O2. The highest BCUT2D eigenvalue weighted by Gasteiger charge is 2.21. The summed E-state index contributed by atoms with van der Waals surface area (Å²) >= 11 is 0. The first-order chi connectivity index (χ1) is 11.3. The van der Waals surface area contributed by atoms with Crippen molar-refractivity contribution in [3.63, 3.8) is 0 Å². The fourth-order valence-corrected chi connectivity index (χ4v) is 2.74. The van der Waals surface area contributed by atoms with Crippen molar-refractivity contribution in [3.8, 4) is 11.5 Å². The second-order valence-corrected chi connectivity index (χ2v) is 5.79. The first-order valence-corrected chi connectivity index (χ1v) is 8.11. The van der Waals surface area contributed by atoms with E-state index in [0.29, 0.717) is 6.54 Å². The maximum absolute atomic E-state index is 12.0. The zero-order valence-corrected chi connectivity index (χ0v) is 13.1. The molecule has 23 heavy (non-hydrogen) atoms. The van der Waals surface area contributed by atoms with Crippen LogP contribution in [-0.4, -0.2) is 25.5 Å². The number of carbonyl (C=O) groups is 1. The molecule has 1 fully saturated rings. The van der Waals surface area contributed by atoms with Crippen molar-refractivity contribution in [2.24, 2.45) is 5.92 Å². The normalized spacial score (nSPS) is 17.0. The lowest BCUT2D eigenvalue weighted by Gasteiger charge is -2.11. The molecule has 1 aliphatic heterocycles. The van der Waals surface area contributed by atoms with Gasteiger partial charge in [0.2, 0.25) is 5.91 Å². The van der Waals surface area contributed by atoms with Crippen LogP contribution in [-0.2, 0) is 11.2 Å². The molecule has 3 rings (SSSR count). The first-order valence-electron chi connectivity index (χ1n) is 8.11. The zero-order valence-electron chi connectivity index (χ0n) is 13.1. The minimum absolute atomic E-state index is 0.128. The average Bonchev–Trinajstić information content (AvgIpc) is 3.11. The third-order valence-electron chi connectivity index (χ3n) is 4.02. The van der Waals surface area contributed by atoms with Gasteiger partial charge in [-0.3, -0.25) is 4.79 Å². The molecule has 2 N–H and O–H groups in total. The number of hydrogen-bond acceptors (Lipinski definition) is 3. The quantitative estimate of drug-likeness (QED) is 0.862. The van der Waals surface area contributed by atoms with E-state index in [1.165, 1.54) is 0 Å². The summed E-state index contributed by atoms with van der Waals surface area (Å²) < 4.78 is 5.83. The molecule has 1 heterocycles. The summed E-state index contributed by atoms with van der Waals surface area (Å²) in [6.45, 7) is 2.40. The van der Waals surface area contributed by atoms with E-state index in [4.69, 9.17) is 4.74 Å². The molecule has 0 bridgehead atoms. The Morgan fingerprint density at radius 1 is 1.13 bits per heavy atom. The smallest absolute Gasteiger partial charge is 0.224 e. The maximum atomic E-state index is 12.0. The van der Waals surface area contributed by atoms with Crippen LogP contribution < -0.4 is 15.4 Å². The molecule has 1 aliphatic rings. The van der Waals surface area contributed by atoms with Crippen molar-refractivity contribution in [3.05, 3.63) is 60.2 Å². The van der Waals surface area contributed by atoms with Crippen LogP contribution in [0, 0.1) is 5.92 Å². The Hall–Kier alpha value is -2.33. The standard InChI is InChI=1S/C19H22N2O2/c22-19(16-10-11-20-14-16)21-12-9-15-5-4-8-18(13-15)23-17-6-2-1-3-7-17/h1-8,13,16,20H,9-12,14H2,(H,21,22)/t16-/m1/s1. The Kier molecular flexibility index (Phi) is 5.27. The molecule has 2 aromatic carbocycles. The Labute approximate surface area is 136 Å². The number of rotatable bonds is 6. The van der Waals surface area contributed by atoms with Gasteiger partial charge in [0, 0.05) is 13.1 Å². The van der Waals surface area contributed by atoms with Crippen LogP contribution in [0.4, 0.5) is 0 Å². The van der Waals surface area contributed by atoms with E-state index in [1.54, 1.807) is 0 Å². The number of hydrogen-bond donors (Lipinski definition) is 2. The lowest BCUT2D eigenvalue weighted by atomic mass is 10.1. The van der Waals surface area contributed by atoms with Crippen molar-refractivity contribution in [1.82, 2.24) is 10.6 Å². The van der Waals surface area contributed by atoms with Gasteiger partial charge >= 0.3 is 0 Å². The molecule has 0 aliphatic carbocycles. The summed E-state index contributed by atoms with van der Waals surface area (Å²) in [5.74, 6) is 1.93. The number of benzene rings is 2. The SMILES string of the molecule is O=C(NCCc1cccc(Oc2ccccc2)c1)[C@@H]1CCNC1. The summed E-state index contributed by atoms with van der Waals surface area (Å²) in [7, 11) is 0. The molecule has 4 heteroatoms. The molecule has 2 aromatic rings. The summed E-state index contributed by atoms with van der Waals surface area (Å²) in [5.41, 5.74) is 1.16. The van der Waals surface area contributed by atoms with Crippen molar-refractivity contribution in [2.45, 2.75) is 12.8 Å². The fraction of sp³-hybridized carbons (Fsp3) is 0.316. The van der Waals surface area contributed by atoms with Crippen molar-refractivity contribution < 1.29 is 9.53 Å². The maximum Gasteiger partial charge on any atom is 0.224 e. The Morgan fingerprint density at radius 2 is 1.96 bits per heavy atom. The highest BCUT2D eigenvalue weighted by atomic mass is 16.5. The molecule has 0 radical (unpaired) electrons. The van der Waals surface area contributed by atoms with Gasteiger partial charge in [-0.1, -0.05) is 30.3 Å². The molecule has 0 unspecified atom stereocenters. The van der Waals surface area contributed by atoms with E-state index in [2.05, 4.69) is 16.7 Å². The predicted molar refractivity (Wildman–Crippen MR) is 90.6 cm³/mol. The molecule has 0 spiro atoms. The van der Waals surface area contributed by atoms with Gasteiger partial charge in [-0.05, 0) is 49.2 Å². The van der Waals surface area contributed by atoms with Crippen molar-refractivity contribution in [2.75, 3.05) is 19.6 Å². The topological polar surface area (TPSA) is 50.4 Å². The second-order valence-electron chi connectivity index (χ2n) is 5.79. The van der Waals surface area contributed by atoms with Gasteiger partial charge < -0.3 is 15.4 Å². The molecule has 4 nitrogen and oxygen atoms in total. The largest absolute Gasteiger partial charge is 0.457 e. The van der Waals surface area contributed by atoms with Crippen LogP contribution in [0.15, 0.2) is 54.6 Å². The van der Waals surface area contributed by atoms with Crippen LogP contribution in [0.2, 0.25) is 0 Å². The van der Waals surface area contributed by atoms with Gasteiger partial charge in [-0.15, -0.1) is 0 Å². The van der Waals surface area contributed by atoms with E-state index in [9.17, 15) is 4.79 Å². The lowest BCUT2D eigenvalue weighted by molar-refractivity contribution is -0.124. The van der Waals surface area contributed by atoms with Crippen molar-refractivity contribution in [1.29, 1.82) is 0 Å². The number of para-hydroxylation sites is 1. The van der Waals surface area contributed by atoms with Crippen molar-refractivity contribution >= 4 is 5.91 Å². The molecule has 0 saturated carbocycles. The Morgan fingerprint density at radius 3 is 2.74 bits per heavy atom. The van der Waals surface area contributed by atoms with E-state index < -0.39 is 0 Å². The van der Waals surface area contributed by atoms with E-state index in [0.717, 1.165) is 43.0 Å². The molecule has 1 atom stereocenters. The van der Waals surface area contributed by atoms with Gasteiger partial charge in [-0.25, -0.2) is 0 Å². The van der Waals surface area contributed by atoms with Gasteiger partial charge in [0.05, 0.1) is 5.92 Å². The molecule has 120 valence electrons. The Balaban J connectivity index is 1.50. The third kappa shape index (κ3) is 4.57. The summed E-state index contributed by atoms with van der Waals surface area (Å²) in [6, 6.07) is 17.7. The highest BCUT2D eigenvalue weighted by Crippen LogP contribution is 2.21. The Bertz CT molecular complexity index is 637. The monoisotopic (exact) mass is 310 g/mol. The van der Waals surface area contributed by atoms with E-state index >= 15 is 0 Å². The van der Waals surface area contributed by atoms with Crippen LogP contribution in [0.1, 0.15) is 12.0 Å². The summed E-state index contributed by atoms with van der Waals surface area (Å²) in [6.07, 6.45) is 1.74.